The maximum atomic E-state index is 11.2. The van der Waals surface area contributed by atoms with Gasteiger partial charge in [0.2, 0.25) is 6.41 Å². The molecule has 0 saturated carbocycles. The molecule has 18 heavy (non-hydrogen) atoms. The first kappa shape index (κ1) is 12.4. The summed E-state index contributed by atoms with van der Waals surface area (Å²) in [6, 6.07) is 4.27. The van der Waals surface area contributed by atoms with Gasteiger partial charge in [0.15, 0.2) is 6.04 Å². The second-order valence-electron chi connectivity index (χ2n) is 4.93. The van der Waals surface area contributed by atoms with E-state index in [1.807, 2.05) is 19.9 Å². The van der Waals surface area contributed by atoms with Crippen LogP contribution in [0, 0.1) is 0 Å². The van der Waals surface area contributed by atoms with Gasteiger partial charge in [0, 0.05) is 12.0 Å². The summed E-state index contributed by atoms with van der Waals surface area (Å²) in [5.41, 5.74) is 1.11. The zero-order valence-corrected chi connectivity index (χ0v) is 10.3. The number of carboxylic acids is 1. The number of amides is 1. The quantitative estimate of drug-likeness (QED) is 0.788. The van der Waals surface area contributed by atoms with Crippen molar-refractivity contribution in [3.63, 3.8) is 0 Å². The SMILES string of the molecule is CC1(C)Cc2cccc(C(NC=O)C(=O)O)c2O1. The van der Waals surface area contributed by atoms with E-state index in [4.69, 9.17) is 9.84 Å². The molecule has 1 unspecified atom stereocenters. The van der Waals surface area contributed by atoms with E-state index in [2.05, 4.69) is 5.32 Å². The Hall–Kier alpha value is -2.04. The number of hydrogen-bond donors (Lipinski definition) is 2. The number of fused-ring (bicyclic) bond motifs is 1. The molecular weight excluding hydrogens is 234 g/mol. The Balaban J connectivity index is 2.44. The van der Waals surface area contributed by atoms with Crippen LogP contribution >= 0.6 is 0 Å². The summed E-state index contributed by atoms with van der Waals surface area (Å²) in [7, 11) is 0. The van der Waals surface area contributed by atoms with Gasteiger partial charge in [-0.1, -0.05) is 18.2 Å². The second-order valence-corrected chi connectivity index (χ2v) is 4.93. The summed E-state index contributed by atoms with van der Waals surface area (Å²) < 4.78 is 5.78. The van der Waals surface area contributed by atoms with Crippen molar-refractivity contribution in [3.8, 4) is 5.75 Å². The molecule has 0 radical (unpaired) electrons. The van der Waals surface area contributed by atoms with Crippen LogP contribution in [-0.4, -0.2) is 23.1 Å². The lowest BCUT2D eigenvalue weighted by atomic mass is 9.98. The first-order valence-electron chi connectivity index (χ1n) is 5.68. The van der Waals surface area contributed by atoms with Crippen LogP contribution in [0.4, 0.5) is 0 Å². The predicted molar refractivity (Wildman–Crippen MR) is 64.4 cm³/mol. The van der Waals surface area contributed by atoms with Crippen molar-refractivity contribution in [2.75, 3.05) is 0 Å². The molecule has 96 valence electrons. The molecule has 5 heteroatoms. The van der Waals surface area contributed by atoms with Crippen LogP contribution < -0.4 is 10.1 Å². The zero-order valence-electron chi connectivity index (χ0n) is 10.3. The molecule has 1 heterocycles. The number of para-hydroxylation sites is 1. The minimum atomic E-state index is -1.11. The van der Waals surface area contributed by atoms with Crippen molar-refractivity contribution in [1.29, 1.82) is 0 Å². The third kappa shape index (κ3) is 2.16. The van der Waals surface area contributed by atoms with E-state index < -0.39 is 12.0 Å². The molecular formula is C13H15NO4. The molecule has 0 fully saturated rings. The van der Waals surface area contributed by atoms with Crippen molar-refractivity contribution in [2.45, 2.75) is 31.9 Å². The molecule has 2 rings (SSSR count). The largest absolute Gasteiger partial charge is 0.487 e. The maximum absolute atomic E-state index is 11.2. The van der Waals surface area contributed by atoms with Crippen LogP contribution in [0.25, 0.3) is 0 Å². The van der Waals surface area contributed by atoms with Crippen molar-refractivity contribution in [2.24, 2.45) is 0 Å². The minimum absolute atomic E-state index is 0.345. The van der Waals surface area contributed by atoms with E-state index >= 15 is 0 Å². The average Bonchev–Trinajstić information content (AvgIpc) is 2.59. The van der Waals surface area contributed by atoms with E-state index in [1.165, 1.54) is 0 Å². The molecule has 0 aromatic heterocycles. The lowest BCUT2D eigenvalue weighted by molar-refractivity contribution is -0.140. The lowest BCUT2D eigenvalue weighted by Gasteiger charge is -2.20. The fraction of sp³-hybridized carbons (Fsp3) is 0.385. The van der Waals surface area contributed by atoms with Gasteiger partial charge >= 0.3 is 5.97 Å². The molecule has 0 bridgehead atoms. The fourth-order valence-corrected chi connectivity index (χ4v) is 2.23. The Morgan fingerprint density at radius 1 is 1.56 bits per heavy atom. The van der Waals surface area contributed by atoms with Crippen molar-refractivity contribution < 1.29 is 19.4 Å². The fourth-order valence-electron chi connectivity index (χ4n) is 2.23. The van der Waals surface area contributed by atoms with E-state index in [9.17, 15) is 9.59 Å². The number of carboxylic acid groups (broad SMARTS) is 1. The van der Waals surface area contributed by atoms with Crippen molar-refractivity contribution in [1.82, 2.24) is 5.32 Å². The highest BCUT2D eigenvalue weighted by atomic mass is 16.5. The van der Waals surface area contributed by atoms with Crippen molar-refractivity contribution in [3.05, 3.63) is 29.3 Å². The summed E-state index contributed by atoms with van der Waals surface area (Å²) in [6.45, 7) is 3.89. The number of ether oxygens (including phenoxy) is 1. The van der Waals surface area contributed by atoms with Crippen LogP contribution in [-0.2, 0) is 16.0 Å². The molecule has 1 aromatic carbocycles. The number of carbonyl (C=O) groups excluding carboxylic acids is 1. The number of benzene rings is 1. The molecule has 5 nitrogen and oxygen atoms in total. The Labute approximate surface area is 105 Å². The number of nitrogens with one attached hydrogen (secondary N) is 1. The Bertz CT molecular complexity index is 496. The highest BCUT2D eigenvalue weighted by molar-refractivity contribution is 5.79. The maximum Gasteiger partial charge on any atom is 0.331 e. The zero-order chi connectivity index (χ0) is 13.3. The normalized spacial score (nSPS) is 17.4. The first-order valence-corrected chi connectivity index (χ1v) is 5.68. The topological polar surface area (TPSA) is 75.6 Å². The number of carbonyl (C=O) groups is 2. The van der Waals surface area contributed by atoms with Crippen molar-refractivity contribution >= 4 is 12.4 Å². The van der Waals surface area contributed by atoms with Crippen LogP contribution in [0.1, 0.15) is 31.0 Å². The third-order valence-corrected chi connectivity index (χ3v) is 2.91. The van der Waals surface area contributed by atoms with E-state index in [-0.39, 0.29) is 5.60 Å². The first-order chi connectivity index (χ1) is 8.44. The van der Waals surface area contributed by atoms with Gasteiger partial charge in [-0.3, -0.25) is 4.79 Å². The number of hydrogen-bond acceptors (Lipinski definition) is 3. The van der Waals surface area contributed by atoms with Gasteiger partial charge in [0.05, 0.1) is 0 Å². The monoisotopic (exact) mass is 249 g/mol. The molecule has 1 aliphatic heterocycles. The summed E-state index contributed by atoms with van der Waals surface area (Å²) >= 11 is 0. The molecule has 0 spiro atoms. The van der Waals surface area contributed by atoms with Gasteiger partial charge in [-0.15, -0.1) is 0 Å². The predicted octanol–water partition coefficient (Wildman–Crippen LogP) is 1.27. The van der Waals surface area contributed by atoms with Crippen LogP contribution in [0.5, 0.6) is 5.75 Å². The standard InChI is InChI=1S/C13H15NO4/c1-13(2)6-8-4-3-5-9(11(8)18-13)10(12(16)17)14-7-15/h3-5,7,10H,6H2,1-2H3,(H,14,15)(H,16,17). The van der Waals surface area contributed by atoms with Crippen LogP contribution in [0.2, 0.25) is 0 Å². The Kier molecular flexibility index (Phi) is 2.98. The molecule has 1 atom stereocenters. The molecule has 1 aromatic rings. The molecule has 1 amide bonds. The van der Waals surface area contributed by atoms with Gasteiger partial charge in [-0.25, -0.2) is 4.79 Å². The van der Waals surface area contributed by atoms with E-state index in [0.717, 1.165) is 12.0 Å². The summed E-state index contributed by atoms with van der Waals surface area (Å²) in [6.07, 6.45) is 1.11. The summed E-state index contributed by atoms with van der Waals surface area (Å²) in [4.78, 5) is 21.7. The van der Waals surface area contributed by atoms with Gasteiger partial charge < -0.3 is 15.2 Å². The van der Waals surface area contributed by atoms with Gasteiger partial charge in [-0.05, 0) is 19.4 Å². The number of aliphatic carboxylic acids is 1. The van der Waals surface area contributed by atoms with Gasteiger partial charge in [0.1, 0.15) is 11.4 Å². The van der Waals surface area contributed by atoms with Crippen LogP contribution in [0.15, 0.2) is 18.2 Å². The molecule has 1 aliphatic rings. The highest BCUT2D eigenvalue weighted by Gasteiger charge is 2.34. The van der Waals surface area contributed by atoms with E-state index in [1.54, 1.807) is 12.1 Å². The molecule has 0 aliphatic carbocycles. The van der Waals surface area contributed by atoms with E-state index in [0.29, 0.717) is 17.7 Å². The Morgan fingerprint density at radius 3 is 2.89 bits per heavy atom. The smallest absolute Gasteiger partial charge is 0.331 e. The van der Waals surface area contributed by atoms with Gasteiger partial charge in [0.25, 0.3) is 0 Å². The average molecular weight is 249 g/mol. The third-order valence-electron chi connectivity index (χ3n) is 2.91. The molecule has 2 N–H and O–H groups in total. The van der Waals surface area contributed by atoms with Gasteiger partial charge in [-0.2, -0.15) is 0 Å². The highest BCUT2D eigenvalue weighted by Crippen LogP contribution is 2.39. The Morgan fingerprint density at radius 2 is 2.28 bits per heavy atom. The van der Waals surface area contributed by atoms with Crippen LogP contribution in [0.3, 0.4) is 0 Å². The number of rotatable bonds is 4. The second kappa shape index (κ2) is 4.33. The summed E-state index contributed by atoms with van der Waals surface area (Å²) in [5, 5.41) is 11.4. The lowest BCUT2D eigenvalue weighted by Crippen LogP contribution is -2.29. The minimum Gasteiger partial charge on any atom is -0.487 e. The summed E-state index contributed by atoms with van der Waals surface area (Å²) in [5.74, 6) is -0.534. The molecule has 0 saturated heterocycles.